The fourth-order valence-electron chi connectivity index (χ4n) is 6.36. The summed E-state index contributed by atoms with van der Waals surface area (Å²) < 4.78 is 49.0. The second-order valence-electron chi connectivity index (χ2n) is 11.9. The van der Waals surface area contributed by atoms with E-state index in [9.17, 15) is 9.18 Å². The summed E-state index contributed by atoms with van der Waals surface area (Å²) in [7, 11) is 2.12. The molecule has 4 aliphatic rings. The lowest BCUT2D eigenvalue weighted by Crippen LogP contribution is -2.65. The lowest BCUT2D eigenvalue weighted by Gasteiger charge is -2.47. The number of nitrogens with zero attached hydrogens (tertiary/aromatic N) is 5. The van der Waals surface area contributed by atoms with Crippen LogP contribution in [0.15, 0.2) is 4.52 Å². The van der Waals surface area contributed by atoms with E-state index in [0.717, 1.165) is 32.5 Å². The largest absolute Gasteiger partial charge is 0.339 e. The molecule has 2 aliphatic carbocycles. The normalized spacial score (nSPS) is 32.5. The Morgan fingerprint density at radius 2 is 1.84 bits per heavy atom. The predicted octanol–water partition coefficient (Wildman–Crippen LogP) is 3.93. The van der Waals surface area contributed by atoms with E-state index in [1.165, 1.54) is 0 Å². The average Bonchev–Trinajstić information content (AvgIpc) is 3.40. The minimum absolute atomic E-state index is 0.192. The molecule has 1 N–H and O–H groups in total. The third kappa shape index (κ3) is 5.48. The highest BCUT2D eigenvalue weighted by Crippen LogP contribution is 2.44. The van der Waals surface area contributed by atoms with Gasteiger partial charge in [-0.15, -0.1) is 0 Å². The van der Waals surface area contributed by atoms with Gasteiger partial charge < -0.3 is 19.6 Å². The number of amides is 2. The standard InChI is InChI=1S/C26H41F3N6O2/c1-4-33(3)17-7-12-34(13-8-17)20-6-5-9-26(28,29)21(20)30-24(36)35-14-10-25(2,11-15-35)23-31-22(37-32-23)18-16-19(18)27/h17-21H,4-16H2,1-3H3,(H,30,36)/t18-,19+,20+,21-/m1/s1. The van der Waals surface area contributed by atoms with Crippen LogP contribution >= 0.6 is 0 Å². The first-order valence-electron chi connectivity index (χ1n) is 14.0. The Morgan fingerprint density at radius 1 is 1.16 bits per heavy atom. The number of carbonyl (C=O) groups excluding carboxylic acids is 1. The number of piperidine rings is 2. The third-order valence-electron chi connectivity index (χ3n) is 9.38. The van der Waals surface area contributed by atoms with Crippen molar-refractivity contribution >= 4 is 6.03 Å². The molecule has 2 saturated heterocycles. The van der Waals surface area contributed by atoms with Gasteiger partial charge >= 0.3 is 6.03 Å². The molecular weight excluding hydrogens is 485 g/mol. The Hall–Kier alpha value is -1.88. The molecule has 2 amide bonds. The van der Waals surface area contributed by atoms with Gasteiger partial charge in [-0.2, -0.15) is 4.98 Å². The number of rotatable bonds is 6. The van der Waals surface area contributed by atoms with Gasteiger partial charge in [0.25, 0.3) is 5.92 Å². The van der Waals surface area contributed by atoms with E-state index in [-0.39, 0.29) is 18.4 Å². The Bertz CT molecular complexity index is 944. The lowest BCUT2D eigenvalue weighted by molar-refractivity contribution is -0.0959. The summed E-state index contributed by atoms with van der Waals surface area (Å²) in [5.74, 6) is -2.34. The van der Waals surface area contributed by atoms with E-state index in [4.69, 9.17) is 4.52 Å². The number of aromatic nitrogens is 2. The minimum atomic E-state index is -2.93. The van der Waals surface area contributed by atoms with Crippen LogP contribution in [0, 0.1) is 0 Å². The second kappa shape index (κ2) is 10.4. The van der Waals surface area contributed by atoms with Crippen LogP contribution in [0.4, 0.5) is 18.0 Å². The summed E-state index contributed by atoms with van der Waals surface area (Å²) in [6.45, 7) is 7.52. The number of halogens is 3. The van der Waals surface area contributed by atoms with Crippen LogP contribution in [0.2, 0.25) is 0 Å². The van der Waals surface area contributed by atoms with Crippen LogP contribution in [0.5, 0.6) is 0 Å². The highest BCUT2D eigenvalue weighted by Gasteiger charge is 2.51. The quantitative estimate of drug-likeness (QED) is 0.605. The van der Waals surface area contributed by atoms with Gasteiger partial charge in [0, 0.05) is 50.1 Å². The van der Waals surface area contributed by atoms with Crippen molar-refractivity contribution in [2.24, 2.45) is 0 Å². The van der Waals surface area contributed by atoms with Gasteiger partial charge in [-0.1, -0.05) is 19.0 Å². The monoisotopic (exact) mass is 526 g/mol. The fraction of sp³-hybridized carbons (Fsp3) is 0.885. The van der Waals surface area contributed by atoms with E-state index in [0.29, 0.717) is 63.0 Å². The molecule has 3 heterocycles. The minimum Gasteiger partial charge on any atom is -0.339 e. The smallest absolute Gasteiger partial charge is 0.317 e. The van der Waals surface area contributed by atoms with E-state index in [1.807, 2.05) is 6.92 Å². The van der Waals surface area contributed by atoms with Crippen LogP contribution in [-0.2, 0) is 5.41 Å². The number of hydrogen-bond acceptors (Lipinski definition) is 6. The van der Waals surface area contributed by atoms with Gasteiger partial charge in [-0.3, -0.25) is 4.90 Å². The second-order valence-corrected chi connectivity index (χ2v) is 11.9. The molecule has 0 radical (unpaired) electrons. The van der Waals surface area contributed by atoms with Gasteiger partial charge in [-0.05, 0) is 58.5 Å². The van der Waals surface area contributed by atoms with E-state index in [2.05, 4.69) is 39.2 Å². The topological polar surface area (TPSA) is 77.7 Å². The Kier molecular flexibility index (Phi) is 7.48. The zero-order valence-corrected chi connectivity index (χ0v) is 22.3. The summed E-state index contributed by atoms with van der Waals surface area (Å²) in [5, 5.41) is 6.86. The number of alkyl halides is 3. The summed E-state index contributed by atoms with van der Waals surface area (Å²) in [6.07, 6.45) is 3.57. The van der Waals surface area contributed by atoms with Crippen LogP contribution in [0.25, 0.3) is 0 Å². The van der Waals surface area contributed by atoms with Crippen molar-refractivity contribution in [3.63, 3.8) is 0 Å². The van der Waals surface area contributed by atoms with Crippen molar-refractivity contribution in [2.75, 3.05) is 39.8 Å². The number of nitrogens with one attached hydrogen (secondary N) is 1. The molecule has 4 atom stereocenters. The number of likely N-dealkylation sites (tertiary alicyclic amines) is 2. The van der Waals surface area contributed by atoms with Crippen molar-refractivity contribution in [3.8, 4) is 0 Å². The molecule has 1 aromatic rings. The van der Waals surface area contributed by atoms with Crippen molar-refractivity contribution in [1.29, 1.82) is 0 Å². The van der Waals surface area contributed by atoms with Gasteiger partial charge in [0.1, 0.15) is 12.2 Å². The number of hydrogen-bond donors (Lipinski definition) is 1. The molecule has 2 aliphatic heterocycles. The molecule has 8 nitrogen and oxygen atoms in total. The van der Waals surface area contributed by atoms with Gasteiger partial charge in [-0.25, -0.2) is 18.0 Å². The zero-order valence-electron chi connectivity index (χ0n) is 22.3. The van der Waals surface area contributed by atoms with Crippen LogP contribution in [-0.4, -0.2) is 101 Å². The van der Waals surface area contributed by atoms with Crippen molar-refractivity contribution < 1.29 is 22.5 Å². The molecule has 4 fully saturated rings. The summed E-state index contributed by atoms with van der Waals surface area (Å²) in [5.41, 5.74) is -0.396. The van der Waals surface area contributed by atoms with Gasteiger partial charge in [0.2, 0.25) is 5.89 Å². The zero-order chi connectivity index (χ0) is 26.4. The molecule has 5 rings (SSSR count). The van der Waals surface area contributed by atoms with Crippen LogP contribution in [0.1, 0.15) is 82.8 Å². The molecule has 0 bridgehead atoms. The maximum absolute atomic E-state index is 15.2. The first-order chi connectivity index (χ1) is 17.6. The predicted molar refractivity (Wildman–Crippen MR) is 133 cm³/mol. The molecule has 0 unspecified atom stereocenters. The Labute approximate surface area is 217 Å². The fourth-order valence-corrected chi connectivity index (χ4v) is 6.36. The van der Waals surface area contributed by atoms with Crippen molar-refractivity contribution in [1.82, 2.24) is 30.2 Å². The molecule has 37 heavy (non-hydrogen) atoms. The molecule has 1 aromatic heterocycles. The highest BCUT2D eigenvalue weighted by atomic mass is 19.3. The summed E-state index contributed by atoms with van der Waals surface area (Å²) in [4.78, 5) is 23.8. The first-order valence-corrected chi connectivity index (χ1v) is 14.0. The number of urea groups is 1. The van der Waals surface area contributed by atoms with E-state index in [1.54, 1.807) is 4.90 Å². The van der Waals surface area contributed by atoms with Crippen LogP contribution < -0.4 is 5.32 Å². The van der Waals surface area contributed by atoms with E-state index >= 15 is 8.78 Å². The van der Waals surface area contributed by atoms with E-state index < -0.39 is 29.6 Å². The molecular formula is C26H41F3N6O2. The first kappa shape index (κ1) is 26.7. The third-order valence-corrected chi connectivity index (χ3v) is 9.38. The lowest BCUT2D eigenvalue weighted by atomic mass is 9.79. The average molecular weight is 527 g/mol. The number of carbonyl (C=O) groups is 1. The molecule has 0 spiro atoms. The summed E-state index contributed by atoms with van der Waals surface area (Å²) >= 11 is 0. The van der Waals surface area contributed by atoms with Gasteiger partial charge in [0.15, 0.2) is 5.82 Å². The van der Waals surface area contributed by atoms with Crippen LogP contribution in [0.3, 0.4) is 0 Å². The molecule has 208 valence electrons. The maximum atomic E-state index is 15.2. The SMILES string of the molecule is CCN(C)C1CCN([C@H]2CCCC(F)(F)[C@@H]2NC(=O)N2CCC(C)(c3noc([C@@H]4C[C@@H]4F)n3)CC2)CC1. The Morgan fingerprint density at radius 3 is 2.46 bits per heavy atom. The molecule has 11 heteroatoms. The molecule has 2 saturated carbocycles. The van der Waals surface area contributed by atoms with Gasteiger partial charge in [0.05, 0.1) is 5.92 Å². The van der Waals surface area contributed by atoms with Crippen molar-refractivity contribution in [3.05, 3.63) is 11.7 Å². The summed E-state index contributed by atoms with van der Waals surface area (Å²) in [6, 6.07) is -1.48. The Balaban J connectivity index is 1.19. The highest BCUT2D eigenvalue weighted by molar-refractivity contribution is 5.75. The maximum Gasteiger partial charge on any atom is 0.317 e. The molecule has 0 aromatic carbocycles. The van der Waals surface area contributed by atoms with Crippen molar-refractivity contribution in [2.45, 2.75) is 107 Å².